The van der Waals surface area contributed by atoms with Crippen LogP contribution in [0.4, 0.5) is 0 Å². The molecule has 13 heteroatoms. The van der Waals surface area contributed by atoms with Crippen molar-refractivity contribution in [3.8, 4) is 0 Å². The lowest BCUT2D eigenvalue weighted by Gasteiger charge is -2.44. The van der Waals surface area contributed by atoms with Crippen molar-refractivity contribution in [1.29, 1.82) is 0 Å². The van der Waals surface area contributed by atoms with Crippen molar-refractivity contribution in [1.82, 2.24) is 36.1 Å². The first kappa shape index (κ1) is 37.4. The average Bonchev–Trinajstić information content (AvgIpc) is 3.79. The normalized spacial score (nSPS) is 24.2. The third kappa shape index (κ3) is 9.25. The molecule has 2 heterocycles. The topological polar surface area (TPSA) is 180 Å². The predicted octanol–water partition coefficient (Wildman–Crippen LogP) is 2.69. The fourth-order valence-corrected chi connectivity index (χ4v) is 8.05. The second-order valence-electron chi connectivity index (χ2n) is 15.9. The third-order valence-electron chi connectivity index (χ3n) is 11.0. The van der Waals surface area contributed by atoms with Gasteiger partial charge in [-0.1, -0.05) is 59.8 Å². The second kappa shape index (κ2) is 16.4. The Morgan fingerprint density at radius 2 is 1.62 bits per heavy atom. The fourth-order valence-electron chi connectivity index (χ4n) is 8.05. The van der Waals surface area contributed by atoms with Crippen molar-refractivity contribution in [3.63, 3.8) is 0 Å². The summed E-state index contributed by atoms with van der Waals surface area (Å²) in [7, 11) is 0. The zero-order valence-corrected chi connectivity index (χ0v) is 30.0. The summed E-state index contributed by atoms with van der Waals surface area (Å²) in [5.74, 6) is -3.26. The number of hydrogen-bond donors (Lipinski definition) is 4. The van der Waals surface area contributed by atoms with Gasteiger partial charge in [0.1, 0.15) is 17.8 Å². The van der Waals surface area contributed by atoms with E-state index in [0.29, 0.717) is 19.4 Å². The number of fused-ring (bicyclic) bond motifs is 1. The molecular weight excluding hydrogens is 638 g/mol. The summed E-state index contributed by atoms with van der Waals surface area (Å²) in [4.78, 5) is 91.2. The molecule has 6 atom stereocenters. The number of hydrogen-bond acceptors (Lipinski definition) is 8. The SMILES string of the molecule is CCC[C@@H](NC(=O)[C@H]1CN(C(=O)[C@@H](NC(=O)[C@@H](NC(=O)c2cnccn2)C2CCCCC2)C(C)(C)C)CC2CCCC21)C(=O)C(=O)NC1CC1. The van der Waals surface area contributed by atoms with Gasteiger partial charge in [-0.05, 0) is 68.1 Å². The number of carbonyl (C=O) groups excluding carboxylic acids is 6. The molecule has 5 rings (SSSR count). The molecule has 0 aromatic carbocycles. The molecular formula is C37H55N7O6. The zero-order chi connectivity index (χ0) is 36.0. The van der Waals surface area contributed by atoms with Gasteiger partial charge in [-0.2, -0.15) is 0 Å². The molecule has 1 aromatic heterocycles. The van der Waals surface area contributed by atoms with Gasteiger partial charge in [0.05, 0.1) is 18.2 Å². The van der Waals surface area contributed by atoms with E-state index in [1.54, 1.807) is 4.90 Å². The maximum absolute atomic E-state index is 14.5. The number of carbonyl (C=O) groups is 6. The molecule has 0 radical (unpaired) electrons. The Morgan fingerprint density at radius 3 is 2.26 bits per heavy atom. The van der Waals surface area contributed by atoms with Crippen LogP contribution in [-0.4, -0.2) is 87.4 Å². The fraction of sp³-hybridized carbons (Fsp3) is 0.730. The molecule has 0 bridgehead atoms. The molecule has 13 nitrogen and oxygen atoms in total. The summed E-state index contributed by atoms with van der Waals surface area (Å²) in [6, 6.07) is -2.67. The average molecular weight is 694 g/mol. The molecule has 4 aliphatic rings. The second-order valence-corrected chi connectivity index (χ2v) is 15.9. The molecule has 50 heavy (non-hydrogen) atoms. The highest BCUT2D eigenvalue weighted by molar-refractivity contribution is 6.38. The molecule has 4 N–H and O–H groups in total. The predicted molar refractivity (Wildman–Crippen MR) is 185 cm³/mol. The van der Waals surface area contributed by atoms with Crippen LogP contribution in [0.5, 0.6) is 0 Å². The van der Waals surface area contributed by atoms with Crippen molar-refractivity contribution in [3.05, 3.63) is 24.3 Å². The lowest BCUT2D eigenvalue weighted by molar-refractivity contribution is -0.146. The molecule has 2 unspecified atom stereocenters. The summed E-state index contributed by atoms with van der Waals surface area (Å²) in [6.45, 7) is 8.22. The molecule has 1 aliphatic heterocycles. The highest BCUT2D eigenvalue weighted by Gasteiger charge is 2.48. The van der Waals surface area contributed by atoms with Crippen LogP contribution in [0.25, 0.3) is 0 Å². The molecule has 274 valence electrons. The Labute approximate surface area is 295 Å². The van der Waals surface area contributed by atoms with Crippen LogP contribution < -0.4 is 21.3 Å². The number of nitrogens with one attached hydrogen (secondary N) is 4. The number of likely N-dealkylation sites (tertiary alicyclic amines) is 1. The van der Waals surface area contributed by atoms with Gasteiger partial charge in [-0.3, -0.25) is 33.8 Å². The lowest BCUT2D eigenvalue weighted by atomic mass is 9.77. The van der Waals surface area contributed by atoms with E-state index in [2.05, 4.69) is 31.2 Å². The molecule has 1 aromatic rings. The first-order valence-electron chi connectivity index (χ1n) is 18.7. The van der Waals surface area contributed by atoms with Crippen molar-refractivity contribution in [2.45, 2.75) is 129 Å². The lowest BCUT2D eigenvalue weighted by Crippen LogP contribution is -2.62. The maximum Gasteiger partial charge on any atom is 0.289 e. The number of piperidine rings is 1. The van der Waals surface area contributed by atoms with Gasteiger partial charge in [0.15, 0.2) is 0 Å². The van der Waals surface area contributed by atoms with Crippen molar-refractivity contribution < 1.29 is 28.8 Å². The quantitative estimate of drug-likeness (QED) is 0.228. The number of amides is 5. The van der Waals surface area contributed by atoms with Crippen LogP contribution in [0.3, 0.4) is 0 Å². The number of ketones is 1. The van der Waals surface area contributed by atoms with Gasteiger partial charge in [-0.25, -0.2) is 4.98 Å². The first-order chi connectivity index (χ1) is 23.9. The van der Waals surface area contributed by atoms with Crippen LogP contribution in [0.15, 0.2) is 18.6 Å². The monoisotopic (exact) mass is 693 g/mol. The summed E-state index contributed by atoms with van der Waals surface area (Å²) < 4.78 is 0. The van der Waals surface area contributed by atoms with Crippen molar-refractivity contribution in [2.75, 3.05) is 13.1 Å². The van der Waals surface area contributed by atoms with Gasteiger partial charge in [0.2, 0.25) is 23.5 Å². The molecule has 4 fully saturated rings. The minimum atomic E-state index is -0.924. The zero-order valence-electron chi connectivity index (χ0n) is 30.0. The van der Waals surface area contributed by atoms with E-state index in [-0.39, 0.29) is 47.8 Å². The Hall–Kier alpha value is -3.90. The van der Waals surface area contributed by atoms with Gasteiger partial charge in [0, 0.05) is 31.5 Å². The molecule has 1 saturated heterocycles. The van der Waals surface area contributed by atoms with Crippen molar-refractivity contribution >= 4 is 35.3 Å². The minimum absolute atomic E-state index is 0.0326. The molecule has 3 aliphatic carbocycles. The minimum Gasteiger partial charge on any atom is -0.347 e. The summed E-state index contributed by atoms with van der Waals surface area (Å²) in [5.41, 5.74) is -0.573. The summed E-state index contributed by atoms with van der Waals surface area (Å²) in [6.07, 6.45) is 14.1. The van der Waals surface area contributed by atoms with Gasteiger partial charge in [-0.15, -0.1) is 0 Å². The molecule has 5 amide bonds. The third-order valence-corrected chi connectivity index (χ3v) is 11.0. The van der Waals surface area contributed by atoms with Crippen LogP contribution >= 0.6 is 0 Å². The van der Waals surface area contributed by atoms with E-state index in [4.69, 9.17) is 0 Å². The Morgan fingerprint density at radius 1 is 0.880 bits per heavy atom. The van der Waals surface area contributed by atoms with Crippen LogP contribution in [-0.2, 0) is 24.0 Å². The highest BCUT2D eigenvalue weighted by atomic mass is 16.2. The van der Waals surface area contributed by atoms with Gasteiger partial charge in [0.25, 0.3) is 11.8 Å². The van der Waals surface area contributed by atoms with E-state index in [9.17, 15) is 28.8 Å². The molecule has 0 spiro atoms. The summed E-state index contributed by atoms with van der Waals surface area (Å²) >= 11 is 0. The van der Waals surface area contributed by atoms with Crippen molar-refractivity contribution in [2.24, 2.45) is 29.1 Å². The largest absolute Gasteiger partial charge is 0.347 e. The maximum atomic E-state index is 14.5. The Bertz CT molecular complexity index is 1400. The summed E-state index contributed by atoms with van der Waals surface area (Å²) in [5, 5.41) is 11.6. The number of rotatable bonds is 13. The molecule has 3 saturated carbocycles. The number of nitrogens with zero attached hydrogens (tertiary/aromatic N) is 3. The van der Waals surface area contributed by atoms with E-state index in [0.717, 1.165) is 64.2 Å². The van der Waals surface area contributed by atoms with Crippen LogP contribution in [0, 0.1) is 29.1 Å². The van der Waals surface area contributed by atoms with Crippen LogP contribution in [0.1, 0.15) is 115 Å². The Balaban J connectivity index is 1.32. The highest BCUT2D eigenvalue weighted by Crippen LogP contribution is 2.42. The van der Waals surface area contributed by atoms with E-state index < -0.39 is 53.0 Å². The Kier molecular flexibility index (Phi) is 12.3. The number of aromatic nitrogens is 2. The first-order valence-corrected chi connectivity index (χ1v) is 18.7. The van der Waals surface area contributed by atoms with Gasteiger partial charge < -0.3 is 26.2 Å². The standard InChI is InChI=1S/C37H55N7O6/c1-5-10-27(30(45)35(49)40-24-15-16-24)41-32(46)26-21-44(20-23-13-9-14-25(23)26)36(50)31(37(2,3)4)43-34(48)29(22-11-7-6-8-12-22)42-33(47)28-19-38-17-18-39-28/h17-19,22-27,29,31H,5-16,20-21H2,1-4H3,(H,40,49)(H,41,46)(H,42,47)(H,43,48)/t23?,25?,26-,27+,29-,31+/m0/s1. The van der Waals surface area contributed by atoms with E-state index >= 15 is 0 Å². The van der Waals surface area contributed by atoms with E-state index in [1.165, 1.54) is 18.6 Å². The van der Waals surface area contributed by atoms with Crippen LogP contribution in [0.2, 0.25) is 0 Å². The smallest absolute Gasteiger partial charge is 0.289 e. The van der Waals surface area contributed by atoms with E-state index in [1.807, 2.05) is 27.7 Å². The number of Topliss-reactive ketones (excluding diaryl/α,β-unsaturated/α-hetero) is 1. The van der Waals surface area contributed by atoms with Gasteiger partial charge >= 0.3 is 0 Å².